The Morgan fingerprint density at radius 2 is 1.64 bits per heavy atom. The molecule has 0 amide bonds. The monoisotopic (exact) mass is 451 g/mol. The molecule has 33 heavy (non-hydrogen) atoms. The van der Waals surface area contributed by atoms with Crippen LogP contribution in [0.2, 0.25) is 0 Å². The molecule has 1 aromatic heterocycles. The fraction of sp³-hybridized carbons (Fsp3) is 0.444. The first-order chi connectivity index (χ1) is 16.1. The number of likely N-dealkylation sites (tertiary alicyclic amines) is 1. The maximum Gasteiger partial charge on any atom is 0.252 e. The lowest BCUT2D eigenvalue weighted by Crippen LogP contribution is -2.44. The van der Waals surface area contributed by atoms with Gasteiger partial charge in [-0.1, -0.05) is 32.0 Å². The molecule has 2 aromatic carbocycles. The molecule has 1 aliphatic heterocycles. The van der Waals surface area contributed by atoms with Crippen LogP contribution in [0.1, 0.15) is 37.8 Å². The van der Waals surface area contributed by atoms with E-state index in [9.17, 15) is 4.79 Å². The van der Waals surface area contributed by atoms with Crippen molar-refractivity contribution in [2.45, 2.75) is 52.9 Å². The van der Waals surface area contributed by atoms with Crippen molar-refractivity contribution in [3.05, 3.63) is 70.0 Å². The van der Waals surface area contributed by atoms with Crippen LogP contribution in [-0.4, -0.2) is 42.8 Å². The van der Waals surface area contributed by atoms with Crippen LogP contribution in [-0.2, 0) is 13.2 Å². The van der Waals surface area contributed by atoms with Crippen molar-refractivity contribution < 1.29 is 9.47 Å². The van der Waals surface area contributed by atoms with Gasteiger partial charge in [0.1, 0.15) is 0 Å². The average Bonchev–Trinajstić information content (AvgIpc) is 2.86. The van der Waals surface area contributed by atoms with E-state index < -0.39 is 0 Å². The zero-order valence-corrected chi connectivity index (χ0v) is 20.6. The minimum absolute atomic E-state index is 0.0619. The van der Waals surface area contributed by atoms with Gasteiger partial charge in [0.15, 0.2) is 11.5 Å². The minimum atomic E-state index is 0.0619. The van der Waals surface area contributed by atoms with Gasteiger partial charge in [-0.2, -0.15) is 0 Å². The van der Waals surface area contributed by atoms with E-state index >= 15 is 0 Å². The van der Waals surface area contributed by atoms with Crippen molar-refractivity contribution in [3.63, 3.8) is 0 Å². The molecule has 2 heterocycles. The van der Waals surface area contributed by atoms with Gasteiger partial charge in [0.2, 0.25) is 0 Å². The summed E-state index contributed by atoms with van der Waals surface area (Å²) in [5.41, 5.74) is 3.43. The van der Waals surface area contributed by atoms with Crippen LogP contribution in [0.5, 0.6) is 11.5 Å². The normalized spacial score (nSPS) is 14.6. The molecule has 0 spiro atoms. The third-order valence-corrected chi connectivity index (χ3v) is 6.12. The number of nitrogens with one attached hydrogen (secondary N) is 1. The third-order valence-electron chi connectivity index (χ3n) is 6.12. The largest absolute Gasteiger partial charge is 0.493 e. The second-order valence-corrected chi connectivity index (χ2v) is 8.27. The number of hydrogen-bond acceptors (Lipinski definition) is 5. The molecule has 3 aromatic rings. The number of aromatic nitrogens is 1. The molecular formula is C27H37N3O3. The summed E-state index contributed by atoms with van der Waals surface area (Å²) in [5, 5.41) is 4.78. The van der Waals surface area contributed by atoms with Gasteiger partial charge in [-0.15, -0.1) is 0 Å². The first kappa shape index (κ1) is 24.8. The molecule has 1 fully saturated rings. The Kier molecular flexibility index (Phi) is 8.92. The predicted octanol–water partition coefficient (Wildman–Crippen LogP) is 4.57. The number of piperidine rings is 1. The van der Waals surface area contributed by atoms with Crippen molar-refractivity contribution in [1.82, 2.24) is 14.8 Å². The lowest BCUT2D eigenvalue weighted by atomic mass is 10.0. The van der Waals surface area contributed by atoms with Crippen molar-refractivity contribution in [2.75, 3.05) is 27.3 Å². The van der Waals surface area contributed by atoms with Gasteiger partial charge in [0.05, 0.1) is 26.4 Å². The Morgan fingerprint density at radius 3 is 2.33 bits per heavy atom. The summed E-state index contributed by atoms with van der Waals surface area (Å²) in [6, 6.07) is 16.4. The molecule has 1 aliphatic rings. The van der Waals surface area contributed by atoms with Crippen molar-refractivity contribution in [1.29, 1.82) is 0 Å². The van der Waals surface area contributed by atoms with Crippen LogP contribution in [0.4, 0.5) is 0 Å². The average molecular weight is 452 g/mol. The van der Waals surface area contributed by atoms with Crippen LogP contribution >= 0.6 is 0 Å². The SMILES string of the molecule is CC.COc1ccc(CNC2CCN(Cn3c(=O)ccc4ccc(C)cc43)CC2)cc1OC. The maximum absolute atomic E-state index is 12.5. The lowest BCUT2D eigenvalue weighted by Gasteiger charge is -2.33. The summed E-state index contributed by atoms with van der Waals surface area (Å²) in [6.45, 7) is 9.45. The number of rotatable bonds is 7. The lowest BCUT2D eigenvalue weighted by molar-refractivity contribution is 0.159. The topological polar surface area (TPSA) is 55.7 Å². The van der Waals surface area contributed by atoms with E-state index in [-0.39, 0.29) is 5.56 Å². The molecular weight excluding hydrogens is 414 g/mol. The standard InChI is InChI=1S/C25H31N3O3.C2H6/c1-18-4-6-20-7-9-25(29)28(22(20)14-18)17-27-12-10-21(11-13-27)26-16-19-5-8-23(30-2)24(15-19)31-3;1-2/h4-9,14-15,21,26H,10-13,16-17H2,1-3H3;1-2H3. The zero-order chi connectivity index (χ0) is 23.8. The van der Waals surface area contributed by atoms with Crippen molar-refractivity contribution >= 4 is 10.9 Å². The number of ether oxygens (including phenoxy) is 2. The van der Waals surface area contributed by atoms with E-state index in [2.05, 4.69) is 41.4 Å². The van der Waals surface area contributed by atoms with Gasteiger partial charge in [0, 0.05) is 31.7 Å². The Hall–Kier alpha value is -2.83. The fourth-order valence-electron chi connectivity index (χ4n) is 4.28. The van der Waals surface area contributed by atoms with Crippen molar-refractivity contribution in [2.24, 2.45) is 0 Å². The van der Waals surface area contributed by atoms with E-state index in [0.717, 1.165) is 54.9 Å². The Bertz CT molecular complexity index is 1100. The highest BCUT2D eigenvalue weighted by Gasteiger charge is 2.20. The quantitative estimate of drug-likeness (QED) is 0.571. The van der Waals surface area contributed by atoms with Crippen LogP contribution < -0.4 is 20.3 Å². The fourth-order valence-corrected chi connectivity index (χ4v) is 4.28. The number of hydrogen-bond donors (Lipinski definition) is 1. The Balaban J connectivity index is 0.00000149. The summed E-state index contributed by atoms with van der Waals surface area (Å²) in [4.78, 5) is 14.9. The molecule has 4 rings (SSSR count). The Labute approximate surface area is 197 Å². The molecule has 6 heteroatoms. The van der Waals surface area contributed by atoms with Crippen LogP contribution in [0.3, 0.4) is 0 Å². The number of nitrogens with zero attached hydrogens (tertiary/aromatic N) is 2. The number of fused-ring (bicyclic) bond motifs is 1. The van der Waals surface area contributed by atoms with Gasteiger partial charge in [-0.3, -0.25) is 14.3 Å². The van der Waals surface area contributed by atoms with Crippen LogP contribution in [0.25, 0.3) is 10.9 Å². The summed E-state index contributed by atoms with van der Waals surface area (Å²) < 4.78 is 12.6. The van der Waals surface area contributed by atoms with Gasteiger partial charge >= 0.3 is 0 Å². The zero-order valence-electron chi connectivity index (χ0n) is 20.6. The summed E-state index contributed by atoms with van der Waals surface area (Å²) in [6.07, 6.45) is 2.12. The molecule has 0 saturated carbocycles. The summed E-state index contributed by atoms with van der Waals surface area (Å²) >= 11 is 0. The first-order valence-electron chi connectivity index (χ1n) is 11.8. The first-order valence-corrected chi connectivity index (χ1v) is 11.8. The van der Waals surface area contributed by atoms with E-state index in [1.165, 1.54) is 11.1 Å². The molecule has 6 nitrogen and oxygen atoms in total. The summed E-state index contributed by atoms with van der Waals surface area (Å²) in [5.74, 6) is 1.51. The molecule has 1 saturated heterocycles. The highest BCUT2D eigenvalue weighted by atomic mass is 16.5. The number of aryl methyl sites for hydroxylation is 1. The van der Waals surface area contributed by atoms with Crippen LogP contribution in [0.15, 0.2) is 53.3 Å². The maximum atomic E-state index is 12.5. The van der Waals surface area contributed by atoms with Gasteiger partial charge < -0.3 is 14.8 Å². The molecule has 0 unspecified atom stereocenters. The smallest absolute Gasteiger partial charge is 0.252 e. The minimum Gasteiger partial charge on any atom is -0.493 e. The van der Waals surface area contributed by atoms with Gasteiger partial charge in [0.25, 0.3) is 5.56 Å². The van der Waals surface area contributed by atoms with E-state index in [1.807, 2.05) is 36.6 Å². The number of methoxy groups -OCH3 is 2. The molecule has 0 bridgehead atoms. The Morgan fingerprint density at radius 1 is 0.939 bits per heavy atom. The molecule has 178 valence electrons. The molecule has 0 atom stereocenters. The molecule has 0 radical (unpaired) electrons. The van der Waals surface area contributed by atoms with Gasteiger partial charge in [-0.05, 0) is 60.5 Å². The second kappa shape index (κ2) is 11.9. The van der Waals surface area contributed by atoms with E-state index in [1.54, 1.807) is 20.3 Å². The predicted molar refractivity (Wildman–Crippen MR) is 135 cm³/mol. The molecule has 1 N–H and O–H groups in total. The highest BCUT2D eigenvalue weighted by Crippen LogP contribution is 2.27. The summed E-state index contributed by atoms with van der Waals surface area (Å²) in [7, 11) is 3.31. The second-order valence-electron chi connectivity index (χ2n) is 8.27. The number of benzene rings is 2. The third kappa shape index (κ3) is 6.15. The number of pyridine rings is 1. The van der Waals surface area contributed by atoms with Crippen molar-refractivity contribution in [3.8, 4) is 11.5 Å². The highest BCUT2D eigenvalue weighted by molar-refractivity contribution is 5.79. The van der Waals surface area contributed by atoms with Gasteiger partial charge in [-0.25, -0.2) is 0 Å². The van der Waals surface area contributed by atoms with Crippen LogP contribution in [0, 0.1) is 6.92 Å². The van der Waals surface area contributed by atoms with E-state index in [4.69, 9.17) is 9.47 Å². The van der Waals surface area contributed by atoms with E-state index in [0.29, 0.717) is 12.7 Å². The molecule has 0 aliphatic carbocycles.